The second kappa shape index (κ2) is 22.1. The van der Waals surface area contributed by atoms with Crippen molar-refractivity contribution in [3.05, 3.63) is 0 Å². The fraction of sp³-hybridized carbons (Fsp3) is 0.875. The van der Waals surface area contributed by atoms with Gasteiger partial charge in [-0.25, -0.2) is 0 Å². The first-order chi connectivity index (χ1) is 15.0. The Morgan fingerprint density at radius 3 is 0.968 bits per heavy atom. The van der Waals surface area contributed by atoms with Crippen LogP contribution in [-0.4, -0.2) is 33.1 Å². The van der Waals surface area contributed by atoms with Crippen molar-refractivity contribution in [3.8, 4) is 0 Å². The summed E-state index contributed by atoms with van der Waals surface area (Å²) in [6, 6.07) is 0. The van der Waals surface area contributed by atoms with Gasteiger partial charge >= 0.3 is 15.1 Å². The van der Waals surface area contributed by atoms with Crippen LogP contribution in [0.1, 0.15) is 136 Å². The summed E-state index contributed by atoms with van der Waals surface area (Å²) in [5, 5.41) is 0. The molecule has 0 fully saturated rings. The van der Waals surface area contributed by atoms with Crippen molar-refractivity contribution in [3.63, 3.8) is 0 Å². The lowest BCUT2D eigenvalue weighted by atomic mass is 10.1. The van der Waals surface area contributed by atoms with E-state index in [9.17, 15) is 14.4 Å². The summed E-state index contributed by atoms with van der Waals surface area (Å²) in [7, 11) is 0. The first kappa shape index (κ1) is 29.9. The molecular weight excluding hydrogens is 411 g/mol. The van der Waals surface area contributed by atoms with Gasteiger partial charge in [0.2, 0.25) is 0 Å². The fourth-order valence-corrected chi connectivity index (χ4v) is 4.33. The summed E-state index contributed by atoms with van der Waals surface area (Å²) in [5.74, 6) is -1.33. The largest absolute Gasteiger partial charge is 1.20 e. The molecule has 0 aliphatic heterocycles. The minimum absolute atomic E-state index is 0.260. The zero-order valence-corrected chi connectivity index (χ0v) is 21.4. The predicted octanol–water partition coefficient (Wildman–Crippen LogP) is 6.68. The van der Waals surface area contributed by atoms with Crippen LogP contribution in [0.2, 0.25) is 0 Å². The Balaban J connectivity index is 4.43. The third-order valence-electron chi connectivity index (χ3n) is 5.14. The van der Waals surface area contributed by atoms with E-state index in [1.807, 2.05) is 0 Å². The van der Waals surface area contributed by atoms with Crippen molar-refractivity contribution in [2.75, 3.05) is 0 Å². The molecule has 6 nitrogen and oxygen atoms in total. The van der Waals surface area contributed by atoms with E-state index in [4.69, 9.17) is 11.4 Å². The van der Waals surface area contributed by atoms with E-state index in [-0.39, 0.29) is 19.3 Å². The highest BCUT2D eigenvalue weighted by Gasteiger charge is 2.48. The standard InChI is InChI=1S/3C8H16O2.Al/c3*1-2-3-4-5-6-7-8(9)10;/h3*2-7H2,1H3,(H,9,10);/q;;;+3/p-3. The lowest BCUT2D eigenvalue weighted by molar-refractivity contribution is -0.148. The number of carbonyl (C=O) groups excluding carboxylic acids is 3. The Labute approximate surface area is 195 Å². The SMILES string of the molecule is CCCCCCCC(=O)[O][Al]([O]C(=O)CCCCCCC)[O]C(=O)CCCCCCC. The van der Waals surface area contributed by atoms with Gasteiger partial charge < -0.3 is 11.4 Å². The summed E-state index contributed by atoms with van der Waals surface area (Å²) in [5.41, 5.74) is 0. The van der Waals surface area contributed by atoms with Gasteiger partial charge in [0, 0.05) is 19.3 Å². The van der Waals surface area contributed by atoms with Crippen LogP contribution in [0.4, 0.5) is 0 Å². The average Bonchev–Trinajstić information content (AvgIpc) is 2.73. The van der Waals surface area contributed by atoms with Crippen molar-refractivity contribution in [2.24, 2.45) is 0 Å². The molecule has 0 radical (unpaired) electrons. The van der Waals surface area contributed by atoms with Crippen molar-refractivity contribution in [1.82, 2.24) is 0 Å². The van der Waals surface area contributed by atoms with Gasteiger partial charge in [-0.3, -0.25) is 14.4 Å². The third-order valence-corrected chi connectivity index (χ3v) is 6.50. The van der Waals surface area contributed by atoms with Crippen LogP contribution in [0.3, 0.4) is 0 Å². The highest BCUT2D eigenvalue weighted by atomic mass is 27.3. The van der Waals surface area contributed by atoms with Crippen LogP contribution in [0, 0.1) is 0 Å². The Bertz CT molecular complexity index is 402. The van der Waals surface area contributed by atoms with Gasteiger partial charge in [-0.2, -0.15) is 0 Å². The molecule has 0 aliphatic carbocycles. The van der Waals surface area contributed by atoms with E-state index in [0.717, 1.165) is 96.3 Å². The van der Waals surface area contributed by atoms with Crippen LogP contribution in [0.15, 0.2) is 0 Å². The molecule has 0 aromatic carbocycles. The fourth-order valence-electron chi connectivity index (χ4n) is 3.19. The first-order valence-electron chi connectivity index (χ1n) is 12.6. The van der Waals surface area contributed by atoms with E-state index in [1.54, 1.807) is 0 Å². The molecule has 0 atom stereocenters. The van der Waals surface area contributed by atoms with Crippen molar-refractivity contribution in [1.29, 1.82) is 0 Å². The van der Waals surface area contributed by atoms with Gasteiger partial charge in [0.15, 0.2) is 0 Å². The molecule has 7 heteroatoms. The Hall–Kier alpha value is -1.06. The first-order valence-corrected chi connectivity index (χ1v) is 14.0. The van der Waals surface area contributed by atoms with E-state index in [0.29, 0.717) is 0 Å². The number of rotatable bonds is 21. The molecular formula is C24H45AlO6. The van der Waals surface area contributed by atoms with Crippen LogP contribution in [0.5, 0.6) is 0 Å². The summed E-state index contributed by atoms with van der Waals surface area (Å²) in [6.45, 7) is 6.42. The van der Waals surface area contributed by atoms with E-state index in [2.05, 4.69) is 20.8 Å². The highest BCUT2D eigenvalue weighted by molar-refractivity contribution is 6.44. The maximum absolute atomic E-state index is 12.1. The lowest BCUT2D eigenvalue weighted by Crippen LogP contribution is -2.34. The molecule has 0 saturated heterocycles. The second-order valence-electron chi connectivity index (χ2n) is 8.25. The minimum atomic E-state index is -3.15. The number of carbonyl (C=O) groups is 3. The van der Waals surface area contributed by atoms with Gasteiger partial charge in [-0.15, -0.1) is 0 Å². The Morgan fingerprint density at radius 1 is 0.452 bits per heavy atom. The maximum atomic E-state index is 12.1. The molecule has 0 aliphatic rings. The molecule has 0 spiro atoms. The van der Waals surface area contributed by atoms with E-state index < -0.39 is 33.1 Å². The van der Waals surface area contributed by atoms with Crippen LogP contribution >= 0.6 is 0 Å². The Morgan fingerprint density at radius 2 is 0.710 bits per heavy atom. The molecule has 0 unspecified atom stereocenters. The van der Waals surface area contributed by atoms with Crippen LogP contribution in [0.25, 0.3) is 0 Å². The molecule has 0 saturated carbocycles. The number of hydrogen-bond donors (Lipinski definition) is 0. The molecule has 0 N–H and O–H groups in total. The molecule has 0 aromatic rings. The van der Waals surface area contributed by atoms with E-state index >= 15 is 0 Å². The van der Waals surface area contributed by atoms with Gasteiger partial charge in [-0.05, 0) is 19.3 Å². The maximum Gasteiger partial charge on any atom is 1.20 e. The smallest absolute Gasteiger partial charge is 0.551 e. The molecule has 0 rings (SSSR count). The van der Waals surface area contributed by atoms with Crippen molar-refractivity contribution < 1.29 is 25.7 Å². The Kier molecular flexibility index (Phi) is 21.4. The highest BCUT2D eigenvalue weighted by Crippen LogP contribution is 2.11. The number of unbranched alkanes of at least 4 members (excludes halogenated alkanes) is 12. The second-order valence-corrected chi connectivity index (χ2v) is 9.54. The monoisotopic (exact) mass is 456 g/mol. The molecule has 0 aromatic heterocycles. The molecule has 180 valence electrons. The number of hydrogen-bond acceptors (Lipinski definition) is 6. The zero-order chi connectivity index (χ0) is 23.2. The molecule has 0 amide bonds. The van der Waals surface area contributed by atoms with Crippen LogP contribution in [-0.2, 0) is 25.7 Å². The lowest BCUT2D eigenvalue weighted by Gasteiger charge is -2.14. The predicted molar refractivity (Wildman–Crippen MR) is 124 cm³/mol. The third kappa shape index (κ3) is 20.6. The summed E-state index contributed by atoms with van der Waals surface area (Å²) >= 11 is -3.15. The summed E-state index contributed by atoms with van der Waals surface area (Å²) in [4.78, 5) is 36.4. The normalized spacial score (nSPS) is 10.5. The van der Waals surface area contributed by atoms with E-state index in [1.165, 1.54) is 0 Å². The quantitative estimate of drug-likeness (QED) is 0.142. The van der Waals surface area contributed by atoms with Gasteiger partial charge in [0.05, 0.1) is 0 Å². The molecule has 0 heterocycles. The molecule has 0 bridgehead atoms. The van der Waals surface area contributed by atoms with Gasteiger partial charge in [-0.1, -0.05) is 97.8 Å². The van der Waals surface area contributed by atoms with Crippen LogP contribution < -0.4 is 0 Å². The average molecular weight is 457 g/mol. The molecule has 31 heavy (non-hydrogen) atoms. The topological polar surface area (TPSA) is 78.9 Å². The zero-order valence-electron chi connectivity index (χ0n) is 20.3. The summed E-state index contributed by atoms with van der Waals surface area (Å²) < 4.78 is 15.9. The van der Waals surface area contributed by atoms with Crippen molar-refractivity contribution >= 4 is 33.1 Å². The minimum Gasteiger partial charge on any atom is -0.551 e. The van der Waals surface area contributed by atoms with Gasteiger partial charge in [0.25, 0.3) is 17.9 Å². The van der Waals surface area contributed by atoms with Crippen molar-refractivity contribution in [2.45, 2.75) is 136 Å². The van der Waals surface area contributed by atoms with Gasteiger partial charge in [0.1, 0.15) is 0 Å². The summed E-state index contributed by atoms with van der Waals surface area (Å²) in [6.07, 6.45) is 16.0.